The van der Waals surface area contributed by atoms with Gasteiger partial charge in [-0.1, -0.05) is 66.7 Å². The Kier molecular flexibility index (Phi) is 3.76. The molecule has 0 saturated heterocycles. The van der Waals surface area contributed by atoms with Crippen molar-refractivity contribution in [2.24, 2.45) is 0 Å². The summed E-state index contributed by atoms with van der Waals surface area (Å²) >= 11 is 0. The van der Waals surface area contributed by atoms with E-state index in [9.17, 15) is 4.57 Å². The molecule has 1 N–H and O–H groups in total. The van der Waals surface area contributed by atoms with Crippen molar-refractivity contribution in [3.63, 3.8) is 0 Å². The molecule has 4 rings (SSSR count). The highest BCUT2D eigenvalue weighted by atomic mass is 31.2. The van der Waals surface area contributed by atoms with Crippen molar-refractivity contribution in [2.75, 3.05) is 7.05 Å². The van der Waals surface area contributed by atoms with Crippen LogP contribution in [0.25, 0.3) is 11.1 Å². The minimum atomic E-state index is -3.18. The van der Waals surface area contributed by atoms with Crippen LogP contribution in [0.4, 0.5) is 0 Å². The van der Waals surface area contributed by atoms with Crippen molar-refractivity contribution in [2.45, 2.75) is 5.78 Å². The summed E-state index contributed by atoms with van der Waals surface area (Å²) in [6.45, 7) is 0. The topological polar surface area (TPSA) is 38.3 Å². The summed E-state index contributed by atoms with van der Waals surface area (Å²) in [5.41, 5.74) is 2.93. The van der Waals surface area contributed by atoms with Crippen molar-refractivity contribution in [3.05, 3.63) is 84.4 Å². The van der Waals surface area contributed by atoms with Gasteiger partial charge in [0.25, 0.3) is 7.37 Å². The Bertz CT molecular complexity index is 924. The zero-order chi connectivity index (χ0) is 16.6. The number of hydrogen-bond donors (Lipinski definition) is 1. The maximum Gasteiger partial charge on any atom is 0.298 e. The third-order valence-electron chi connectivity index (χ3n) is 4.38. The van der Waals surface area contributed by atoms with Gasteiger partial charge in [0.2, 0.25) is 0 Å². The van der Waals surface area contributed by atoms with Crippen molar-refractivity contribution >= 4 is 12.7 Å². The zero-order valence-electron chi connectivity index (χ0n) is 13.3. The lowest BCUT2D eigenvalue weighted by Crippen LogP contribution is -2.28. The second-order valence-electron chi connectivity index (χ2n) is 5.80. The van der Waals surface area contributed by atoms with E-state index >= 15 is 0 Å². The van der Waals surface area contributed by atoms with Crippen LogP contribution < -0.4 is 15.1 Å². The Hall–Kier alpha value is -2.35. The van der Waals surface area contributed by atoms with E-state index in [2.05, 4.69) is 5.32 Å². The molecule has 1 heterocycles. The van der Waals surface area contributed by atoms with Crippen molar-refractivity contribution in [3.8, 4) is 16.9 Å². The molecule has 0 bridgehead atoms. The van der Waals surface area contributed by atoms with Gasteiger partial charge in [0.1, 0.15) is 11.5 Å². The van der Waals surface area contributed by atoms with Crippen molar-refractivity contribution in [1.82, 2.24) is 5.32 Å². The second-order valence-corrected chi connectivity index (χ2v) is 8.18. The van der Waals surface area contributed by atoms with Crippen LogP contribution in [0.5, 0.6) is 5.75 Å². The first-order valence-corrected chi connectivity index (χ1v) is 9.64. The van der Waals surface area contributed by atoms with Gasteiger partial charge in [-0.05, 0) is 30.3 Å². The average Bonchev–Trinajstić information content (AvgIpc) is 2.63. The van der Waals surface area contributed by atoms with Crippen LogP contribution >= 0.6 is 7.37 Å². The lowest BCUT2D eigenvalue weighted by molar-refractivity contribution is 0.469. The predicted octanol–water partition coefficient (Wildman–Crippen LogP) is 4.57. The molecule has 4 heteroatoms. The van der Waals surface area contributed by atoms with Gasteiger partial charge in [0.05, 0.1) is 5.30 Å². The maximum absolute atomic E-state index is 14.1. The van der Waals surface area contributed by atoms with Crippen LogP contribution in [0.15, 0.2) is 78.9 Å². The first kappa shape index (κ1) is 15.2. The number of rotatable bonds is 3. The van der Waals surface area contributed by atoms with E-state index in [0.29, 0.717) is 5.75 Å². The monoisotopic (exact) mass is 335 g/mol. The van der Waals surface area contributed by atoms with Crippen LogP contribution in [0.2, 0.25) is 0 Å². The Morgan fingerprint density at radius 1 is 0.833 bits per heavy atom. The third kappa shape index (κ3) is 2.29. The molecule has 1 aliphatic heterocycles. The molecule has 3 nitrogen and oxygen atoms in total. The highest BCUT2D eigenvalue weighted by Crippen LogP contribution is 2.62. The number of hydrogen-bond acceptors (Lipinski definition) is 3. The molecular weight excluding hydrogens is 317 g/mol. The molecule has 2 atom stereocenters. The number of nitrogens with one attached hydrogen (secondary N) is 1. The Labute approximate surface area is 141 Å². The van der Waals surface area contributed by atoms with Gasteiger partial charge in [-0.2, -0.15) is 0 Å². The number of benzene rings is 3. The van der Waals surface area contributed by atoms with E-state index in [1.807, 2.05) is 85.9 Å². The molecule has 24 heavy (non-hydrogen) atoms. The Morgan fingerprint density at radius 3 is 2.21 bits per heavy atom. The van der Waals surface area contributed by atoms with E-state index in [1.165, 1.54) is 0 Å². The third-order valence-corrected chi connectivity index (χ3v) is 7.15. The van der Waals surface area contributed by atoms with Crippen LogP contribution in [-0.4, -0.2) is 7.05 Å². The van der Waals surface area contributed by atoms with Crippen molar-refractivity contribution in [1.29, 1.82) is 0 Å². The summed E-state index contributed by atoms with van der Waals surface area (Å²) in [5, 5.41) is 3.98. The summed E-state index contributed by atoms with van der Waals surface area (Å²) in [4.78, 5) is 0. The molecule has 3 aromatic rings. The fourth-order valence-corrected chi connectivity index (χ4v) is 5.96. The maximum atomic E-state index is 14.1. The fraction of sp³-hybridized carbons (Fsp3) is 0.100. The van der Waals surface area contributed by atoms with E-state index < -0.39 is 13.2 Å². The smallest absolute Gasteiger partial charge is 0.298 e. The van der Waals surface area contributed by atoms with Gasteiger partial charge >= 0.3 is 0 Å². The van der Waals surface area contributed by atoms with Crippen LogP contribution in [0.3, 0.4) is 0 Å². The number of fused-ring (bicyclic) bond motifs is 3. The van der Waals surface area contributed by atoms with Gasteiger partial charge in [-0.25, -0.2) is 0 Å². The van der Waals surface area contributed by atoms with E-state index in [-0.39, 0.29) is 0 Å². The molecule has 0 saturated carbocycles. The van der Waals surface area contributed by atoms with E-state index in [1.54, 1.807) is 0 Å². The molecule has 3 aromatic carbocycles. The number of para-hydroxylation sites is 1. The molecule has 1 aliphatic rings. The average molecular weight is 335 g/mol. The molecule has 0 aliphatic carbocycles. The van der Waals surface area contributed by atoms with Gasteiger partial charge in [-0.15, -0.1) is 0 Å². The van der Waals surface area contributed by atoms with Gasteiger partial charge in [0.15, 0.2) is 0 Å². The molecule has 0 radical (unpaired) electrons. The summed E-state index contributed by atoms with van der Waals surface area (Å²) < 4.78 is 20.2. The normalized spacial score (nSPS) is 19.7. The van der Waals surface area contributed by atoms with Crippen LogP contribution in [0, 0.1) is 0 Å². The highest BCUT2D eigenvalue weighted by molar-refractivity contribution is 7.68. The molecule has 0 spiro atoms. The second kappa shape index (κ2) is 5.94. The standard InChI is InChI=1S/C20H18NO2P/c1-21-20(15-9-3-2-4-10-15)24(22)19-14-8-6-12-17(19)16-11-5-7-13-18(16)23-24/h2-14,20-21H,1H3. The SMILES string of the molecule is CNC(c1ccccc1)P1(=O)Oc2ccccc2-c2ccccc21. The summed E-state index contributed by atoms with van der Waals surface area (Å²) in [5.74, 6) is 0.281. The van der Waals surface area contributed by atoms with Crippen molar-refractivity contribution < 1.29 is 9.09 Å². The highest BCUT2D eigenvalue weighted by Gasteiger charge is 2.43. The molecule has 0 amide bonds. The van der Waals surface area contributed by atoms with Crippen LogP contribution in [0.1, 0.15) is 11.3 Å². The quantitative estimate of drug-likeness (QED) is 0.713. The van der Waals surface area contributed by atoms with Crippen LogP contribution in [-0.2, 0) is 4.57 Å². The minimum Gasteiger partial charge on any atom is -0.438 e. The van der Waals surface area contributed by atoms with Gasteiger partial charge in [0, 0.05) is 5.56 Å². The molecular formula is C20H18NO2P. The lowest BCUT2D eigenvalue weighted by Gasteiger charge is -2.33. The predicted molar refractivity (Wildman–Crippen MR) is 98.0 cm³/mol. The summed E-state index contributed by atoms with van der Waals surface area (Å²) in [6, 6.07) is 25.4. The van der Waals surface area contributed by atoms with Gasteiger partial charge < -0.3 is 9.84 Å². The zero-order valence-corrected chi connectivity index (χ0v) is 14.2. The lowest BCUT2D eigenvalue weighted by atomic mass is 10.0. The molecule has 0 fully saturated rings. The Morgan fingerprint density at radius 2 is 1.46 bits per heavy atom. The summed E-state index contributed by atoms with van der Waals surface area (Å²) in [7, 11) is -1.36. The largest absolute Gasteiger partial charge is 0.438 e. The first-order valence-electron chi connectivity index (χ1n) is 7.94. The minimum absolute atomic E-state index is 0.395. The Balaban J connectivity index is 1.94. The molecule has 120 valence electrons. The first-order chi connectivity index (χ1) is 11.7. The van der Waals surface area contributed by atoms with E-state index in [4.69, 9.17) is 4.52 Å². The molecule has 2 unspecified atom stereocenters. The molecule has 0 aromatic heterocycles. The van der Waals surface area contributed by atoms with Gasteiger partial charge in [-0.3, -0.25) is 4.57 Å². The summed E-state index contributed by atoms with van der Waals surface area (Å²) in [6.07, 6.45) is 0. The van der Waals surface area contributed by atoms with E-state index in [0.717, 1.165) is 22.0 Å². The fourth-order valence-electron chi connectivity index (χ4n) is 3.30.